The zero-order valence-corrected chi connectivity index (χ0v) is 17.8. The van der Waals surface area contributed by atoms with Crippen molar-refractivity contribution in [3.05, 3.63) is 69.7 Å². The van der Waals surface area contributed by atoms with Crippen LogP contribution in [-0.2, 0) is 15.2 Å². The third-order valence-electron chi connectivity index (χ3n) is 4.49. The average molecular weight is 459 g/mol. The number of benzene rings is 2. The number of anilines is 1. The predicted molar refractivity (Wildman–Crippen MR) is 111 cm³/mol. The fourth-order valence-electron chi connectivity index (χ4n) is 2.84. The Bertz CT molecular complexity index is 996. The van der Waals surface area contributed by atoms with E-state index in [-0.39, 0.29) is 27.2 Å². The summed E-state index contributed by atoms with van der Waals surface area (Å²) in [7, 11) is 0. The molecule has 0 saturated heterocycles. The van der Waals surface area contributed by atoms with Crippen LogP contribution in [0.5, 0.6) is 0 Å². The molecule has 0 spiro atoms. The SMILES string of the molecule is CC(C)(C)C(=O)Nc1cccc(C2=CC(c3cc(Cl)cc(Cl)c3)(C(F)(F)F)ON2)c1. The molecule has 1 aliphatic rings. The van der Waals surface area contributed by atoms with Crippen molar-refractivity contribution in [2.24, 2.45) is 5.41 Å². The molecule has 0 bridgehead atoms. The molecular formula is C21H19Cl2F3N2O2. The topological polar surface area (TPSA) is 50.4 Å². The molecule has 9 heteroatoms. The zero-order chi connectivity index (χ0) is 22.3. The number of carbonyl (C=O) groups excluding carboxylic acids is 1. The molecular weight excluding hydrogens is 440 g/mol. The van der Waals surface area contributed by atoms with Crippen LogP contribution in [-0.4, -0.2) is 12.1 Å². The third kappa shape index (κ3) is 4.43. The molecule has 0 saturated carbocycles. The van der Waals surface area contributed by atoms with E-state index in [9.17, 15) is 18.0 Å². The molecule has 2 aromatic rings. The maximum Gasteiger partial charge on any atom is 0.428 e. The maximum absolute atomic E-state index is 14.1. The lowest BCUT2D eigenvalue weighted by Crippen LogP contribution is -2.42. The van der Waals surface area contributed by atoms with Crippen molar-refractivity contribution >= 4 is 40.5 Å². The van der Waals surface area contributed by atoms with Crippen molar-refractivity contribution in [3.8, 4) is 0 Å². The van der Waals surface area contributed by atoms with Crippen molar-refractivity contribution in [1.82, 2.24) is 5.48 Å². The second kappa shape index (κ2) is 7.80. The Morgan fingerprint density at radius 3 is 2.27 bits per heavy atom. The molecule has 30 heavy (non-hydrogen) atoms. The second-order valence-corrected chi connectivity index (χ2v) is 8.81. The first-order chi connectivity index (χ1) is 13.8. The molecule has 1 aliphatic heterocycles. The van der Waals surface area contributed by atoms with Crippen LogP contribution in [0.25, 0.3) is 5.70 Å². The molecule has 0 radical (unpaired) electrons. The first-order valence-electron chi connectivity index (χ1n) is 8.94. The lowest BCUT2D eigenvalue weighted by molar-refractivity contribution is -0.269. The molecule has 0 aromatic heterocycles. The van der Waals surface area contributed by atoms with Crippen molar-refractivity contribution in [3.63, 3.8) is 0 Å². The highest BCUT2D eigenvalue weighted by Gasteiger charge is 2.59. The van der Waals surface area contributed by atoms with Gasteiger partial charge in [-0.3, -0.25) is 15.1 Å². The van der Waals surface area contributed by atoms with E-state index in [0.29, 0.717) is 11.3 Å². The highest BCUT2D eigenvalue weighted by atomic mass is 35.5. The van der Waals surface area contributed by atoms with E-state index in [0.717, 1.165) is 18.2 Å². The highest BCUT2D eigenvalue weighted by molar-refractivity contribution is 6.34. The van der Waals surface area contributed by atoms with Gasteiger partial charge in [0.15, 0.2) is 0 Å². The summed E-state index contributed by atoms with van der Waals surface area (Å²) in [5.41, 5.74) is -0.350. The smallest absolute Gasteiger partial charge is 0.326 e. The summed E-state index contributed by atoms with van der Waals surface area (Å²) in [5.74, 6) is -0.220. The van der Waals surface area contributed by atoms with Crippen LogP contribution in [0.1, 0.15) is 31.9 Å². The minimum atomic E-state index is -4.80. The Hall–Kier alpha value is -2.22. The molecule has 2 N–H and O–H groups in total. The number of alkyl halides is 3. The molecule has 160 valence electrons. The second-order valence-electron chi connectivity index (χ2n) is 7.94. The Morgan fingerprint density at radius 2 is 1.70 bits per heavy atom. The van der Waals surface area contributed by atoms with E-state index in [1.807, 2.05) is 0 Å². The van der Waals surface area contributed by atoms with Gasteiger partial charge < -0.3 is 5.32 Å². The van der Waals surface area contributed by atoms with Gasteiger partial charge in [0.05, 0.1) is 5.70 Å². The Morgan fingerprint density at radius 1 is 1.07 bits per heavy atom. The molecule has 4 nitrogen and oxygen atoms in total. The standard InChI is InChI=1S/C21H19Cl2F3N2O2/c1-19(2,3)18(29)27-16-6-4-5-12(7-16)17-11-20(30-28-17,21(24,25)26)13-8-14(22)10-15(23)9-13/h4-11,28H,1-3H3,(H,27,29). The summed E-state index contributed by atoms with van der Waals surface area (Å²) >= 11 is 11.8. The molecule has 3 rings (SSSR count). The number of halogens is 5. The van der Waals surface area contributed by atoms with E-state index in [2.05, 4.69) is 10.8 Å². The van der Waals surface area contributed by atoms with E-state index in [4.69, 9.17) is 28.0 Å². The van der Waals surface area contributed by atoms with Gasteiger partial charge in [0.25, 0.3) is 0 Å². The van der Waals surface area contributed by atoms with E-state index >= 15 is 0 Å². The Kier molecular flexibility index (Phi) is 5.84. The summed E-state index contributed by atoms with van der Waals surface area (Å²) in [6.45, 7) is 5.28. The van der Waals surface area contributed by atoms with Crippen molar-refractivity contribution in [2.75, 3.05) is 5.32 Å². The van der Waals surface area contributed by atoms with Gasteiger partial charge in [-0.05, 0) is 36.4 Å². The maximum atomic E-state index is 14.1. The van der Waals surface area contributed by atoms with E-state index in [1.54, 1.807) is 45.0 Å². The largest absolute Gasteiger partial charge is 0.428 e. The lowest BCUT2D eigenvalue weighted by atomic mass is 9.91. The number of hydrogen-bond acceptors (Lipinski definition) is 3. The lowest BCUT2D eigenvalue weighted by Gasteiger charge is -2.28. The number of nitrogens with one attached hydrogen (secondary N) is 2. The molecule has 1 amide bonds. The fraction of sp³-hybridized carbons (Fsp3) is 0.286. The highest BCUT2D eigenvalue weighted by Crippen LogP contribution is 2.48. The van der Waals surface area contributed by atoms with Gasteiger partial charge in [0.1, 0.15) is 0 Å². The van der Waals surface area contributed by atoms with Gasteiger partial charge in [-0.2, -0.15) is 13.2 Å². The van der Waals surface area contributed by atoms with Gasteiger partial charge in [0.2, 0.25) is 11.5 Å². The summed E-state index contributed by atoms with van der Waals surface area (Å²) in [6, 6.07) is 10.1. The van der Waals surface area contributed by atoms with Crippen molar-refractivity contribution in [1.29, 1.82) is 0 Å². The van der Waals surface area contributed by atoms with Gasteiger partial charge in [-0.1, -0.05) is 56.1 Å². The monoisotopic (exact) mass is 458 g/mol. The van der Waals surface area contributed by atoms with Crippen LogP contribution in [0.15, 0.2) is 48.5 Å². The van der Waals surface area contributed by atoms with E-state index in [1.165, 1.54) is 6.07 Å². The predicted octanol–water partition coefficient (Wildman–Crippen LogP) is 6.31. The average Bonchev–Trinajstić information content (AvgIpc) is 3.07. The fourth-order valence-corrected chi connectivity index (χ4v) is 3.36. The van der Waals surface area contributed by atoms with E-state index < -0.39 is 17.2 Å². The number of amides is 1. The number of hydrogen-bond donors (Lipinski definition) is 2. The Balaban J connectivity index is 2.02. The molecule has 0 aliphatic carbocycles. The van der Waals surface area contributed by atoms with Crippen LogP contribution in [0.4, 0.5) is 18.9 Å². The minimum absolute atomic E-state index is 0.0541. The number of hydroxylamine groups is 1. The van der Waals surface area contributed by atoms with Crippen LogP contribution >= 0.6 is 23.2 Å². The summed E-state index contributed by atoms with van der Waals surface area (Å²) in [6.07, 6.45) is -3.87. The van der Waals surface area contributed by atoms with Crippen molar-refractivity contribution < 1.29 is 22.8 Å². The third-order valence-corrected chi connectivity index (χ3v) is 4.93. The van der Waals surface area contributed by atoms with Gasteiger partial charge in [-0.25, -0.2) is 0 Å². The van der Waals surface area contributed by atoms with Crippen LogP contribution in [0.2, 0.25) is 10.0 Å². The molecule has 2 aromatic carbocycles. The van der Waals surface area contributed by atoms with Crippen LogP contribution in [0, 0.1) is 5.41 Å². The summed E-state index contributed by atoms with van der Waals surface area (Å²) in [5, 5.41) is 2.86. The summed E-state index contributed by atoms with van der Waals surface area (Å²) in [4.78, 5) is 17.3. The number of carbonyl (C=O) groups is 1. The molecule has 0 fully saturated rings. The van der Waals surface area contributed by atoms with Crippen LogP contribution in [0.3, 0.4) is 0 Å². The van der Waals surface area contributed by atoms with Gasteiger partial charge in [0, 0.05) is 32.3 Å². The summed E-state index contributed by atoms with van der Waals surface area (Å²) < 4.78 is 42.3. The zero-order valence-electron chi connectivity index (χ0n) is 16.3. The van der Waals surface area contributed by atoms with Crippen LogP contribution < -0.4 is 10.8 Å². The molecule has 1 unspecified atom stereocenters. The van der Waals surface area contributed by atoms with Gasteiger partial charge in [-0.15, -0.1) is 0 Å². The first-order valence-corrected chi connectivity index (χ1v) is 9.69. The van der Waals surface area contributed by atoms with Gasteiger partial charge >= 0.3 is 6.18 Å². The minimum Gasteiger partial charge on any atom is -0.326 e. The first kappa shape index (κ1) is 22.5. The quantitative estimate of drug-likeness (QED) is 0.566. The van der Waals surface area contributed by atoms with Crippen molar-refractivity contribution in [2.45, 2.75) is 32.5 Å². The molecule has 1 atom stereocenters. The normalized spacial score (nSPS) is 19.3. The molecule has 1 heterocycles. The Labute approximate surface area is 182 Å². The number of rotatable bonds is 3.